The van der Waals surface area contributed by atoms with Crippen molar-refractivity contribution in [3.8, 4) is 0 Å². The highest BCUT2D eigenvalue weighted by molar-refractivity contribution is 14.1. The van der Waals surface area contributed by atoms with E-state index in [-0.39, 0.29) is 0 Å². The van der Waals surface area contributed by atoms with Crippen LogP contribution in [0.15, 0.2) is 42.5 Å². The van der Waals surface area contributed by atoms with E-state index >= 15 is 0 Å². The van der Waals surface area contributed by atoms with Crippen molar-refractivity contribution in [1.82, 2.24) is 0 Å². The topological polar surface area (TPSA) is 38.0 Å². The van der Waals surface area contributed by atoms with Crippen LogP contribution in [0, 0.1) is 3.57 Å². The van der Waals surface area contributed by atoms with Crippen LogP contribution in [0.3, 0.4) is 0 Å². The fourth-order valence-electron chi connectivity index (χ4n) is 2.55. The predicted molar refractivity (Wildman–Crippen MR) is 84.8 cm³/mol. The highest BCUT2D eigenvalue weighted by atomic mass is 127. The molecule has 0 fully saturated rings. The third kappa shape index (κ3) is 2.32. The fraction of sp³-hybridized carbons (Fsp3) is 0.200. The molecule has 3 heteroatoms. The van der Waals surface area contributed by atoms with Crippen molar-refractivity contribution >= 4 is 34.0 Å². The number of nitrogens with one attached hydrogen (secondary N) is 1. The van der Waals surface area contributed by atoms with Crippen LogP contribution in [0.5, 0.6) is 0 Å². The SMILES string of the molecule is Nc1cc(I)ccc1NC1Cc2ccccc2C1. The Bertz CT molecular complexity index is 555. The van der Waals surface area contributed by atoms with Gasteiger partial charge in [0.05, 0.1) is 11.4 Å². The average molecular weight is 350 g/mol. The van der Waals surface area contributed by atoms with Crippen LogP contribution in [-0.4, -0.2) is 6.04 Å². The molecular formula is C15H15IN2. The Morgan fingerprint density at radius 1 is 1.06 bits per heavy atom. The van der Waals surface area contributed by atoms with Crippen molar-refractivity contribution in [2.45, 2.75) is 18.9 Å². The molecule has 1 aliphatic carbocycles. The van der Waals surface area contributed by atoms with E-state index in [1.54, 1.807) is 0 Å². The minimum absolute atomic E-state index is 0.463. The van der Waals surface area contributed by atoms with E-state index in [0.717, 1.165) is 24.2 Å². The second-order valence-electron chi connectivity index (χ2n) is 4.75. The molecule has 0 atom stereocenters. The van der Waals surface area contributed by atoms with Gasteiger partial charge in [0.25, 0.3) is 0 Å². The van der Waals surface area contributed by atoms with Crippen LogP contribution in [0.2, 0.25) is 0 Å². The molecule has 18 heavy (non-hydrogen) atoms. The Kier molecular flexibility index (Phi) is 3.16. The Labute approximate surface area is 121 Å². The fourth-order valence-corrected chi connectivity index (χ4v) is 3.06. The molecule has 3 N–H and O–H groups in total. The summed E-state index contributed by atoms with van der Waals surface area (Å²) in [4.78, 5) is 0. The Morgan fingerprint density at radius 2 is 1.72 bits per heavy atom. The van der Waals surface area contributed by atoms with Gasteiger partial charge in [-0.25, -0.2) is 0 Å². The Balaban J connectivity index is 1.76. The maximum atomic E-state index is 6.04. The van der Waals surface area contributed by atoms with E-state index in [1.807, 2.05) is 6.07 Å². The molecule has 1 aliphatic rings. The first-order chi connectivity index (χ1) is 8.72. The molecule has 0 amide bonds. The molecule has 0 bridgehead atoms. The van der Waals surface area contributed by atoms with E-state index in [9.17, 15) is 0 Å². The minimum Gasteiger partial charge on any atom is -0.397 e. The van der Waals surface area contributed by atoms with Crippen LogP contribution in [0.1, 0.15) is 11.1 Å². The second kappa shape index (κ2) is 4.80. The number of rotatable bonds is 2. The van der Waals surface area contributed by atoms with Crippen LogP contribution in [0.25, 0.3) is 0 Å². The molecule has 2 aromatic carbocycles. The molecule has 0 unspecified atom stereocenters. The smallest absolute Gasteiger partial charge is 0.0577 e. The Hall–Kier alpha value is -1.23. The van der Waals surface area contributed by atoms with E-state index in [4.69, 9.17) is 5.73 Å². The van der Waals surface area contributed by atoms with Crippen molar-refractivity contribution in [2.24, 2.45) is 0 Å². The molecule has 2 nitrogen and oxygen atoms in total. The lowest BCUT2D eigenvalue weighted by molar-refractivity contribution is 0.775. The van der Waals surface area contributed by atoms with Gasteiger partial charge < -0.3 is 11.1 Å². The van der Waals surface area contributed by atoms with Gasteiger partial charge in [-0.2, -0.15) is 0 Å². The van der Waals surface area contributed by atoms with Gasteiger partial charge in [0.1, 0.15) is 0 Å². The number of nitrogen functional groups attached to an aromatic ring is 1. The summed E-state index contributed by atoms with van der Waals surface area (Å²) in [5.74, 6) is 0. The van der Waals surface area contributed by atoms with Crippen molar-refractivity contribution < 1.29 is 0 Å². The third-order valence-corrected chi connectivity index (χ3v) is 4.10. The van der Waals surface area contributed by atoms with Gasteiger partial charge in [-0.3, -0.25) is 0 Å². The summed E-state index contributed by atoms with van der Waals surface area (Å²) >= 11 is 2.28. The summed E-state index contributed by atoms with van der Waals surface area (Å²) in [5.41, 5.74) is 10.8. The number of hydrogen-bond acceptors (Lipinski definition) is 2. The summed E-state index contributed by atoms with van der Waals surface area (Å²) in [6.45, 7) is 0. The lowest BCUT2D eigenvalue weighted by atomic mass is 10.1. The normalized spacial score (nSPS) is 14.5. The molecule has 0 heterocycles. The minimum atomic E-state index is 0.463. The van der Waals surface area contributed by atoms with Crippen LogP contribution in [-0.2, 0) is 12.8 Å². The van der Waals surface area contributed by atoms with Gasteiger partial charge in [0, 0.05) is 9.61 Å². The first-order valence-electron chi connectivity index (χ1n) is 6.11. The summed E-state index contributed by atoms with van der Waals surface area (Å²) in [7, 11) is 0. The second-order valence-corrected chi connectivity index (χ2v) is 6.00. The molecule has 3 rings (SSSR count). The summed E-state index contributed by atoms with van der Waals surface area (Å²) in [6.07, 6.45) is 2.17. The maximum absolute atomic E-state index is 6.04. The first kappa shape index (κ1) is 11.8. The van der Waals surface area contributed by atoms with Crippen molar-refractivity contribution in [2.75, 3.05) is 11.1 Å². The van der Waals surface area contributed by atoms with Gasteiger partial charge in [-0.15, -0.1) is 0 Å². The van der Waals surface area contributed by atoms with Gasteiger partial charge in [0.2, 0.25) is 0 Å². The molecule has 0 saturated heterocycles. The van der Waals surface area contributed by atoms with E-state index in [1.165, 1.54) is 14.7 Å². The lowest BCUT2D eigenvalue weighted by Gasteiger charge is -2.15. The predicted octanol–water partition coefficient (Wildman–Crippen LogP) is 3.45. The summed E-state index contributed by atoms with van der Waals surface area (Å²) < 4.78 is 1.17. The van der Waals surface area contributed by atoms with Gasteiger partial charge >= 0.3 is 0 Å². The lowest BCUT2D eigenvalue weighted by Crippen LogP contribution is -2.20. The highest BCUT2D eigenvalue weighted by Gasteiger charge is 2.20. The number of halogens is 1. The number of fused-ring (bicyclic) bond motifs is 1. The highest BCUT2D eigenvalue weighted by Crippen LogP contribution is 2.27. The van der Waals surface area contributed by atoms with Gasteiger partial charge in [0.15, 0.2) is 0 Å². The summed E-state index contributed by atoms with van der Waals surface area (Å²) in [6, 6.07) is 15.3. The largest absolute Gasteiger partial charge is 0.397 e. The average Bonchev–Trinajstić information content (AvgIpc) is 2.75. The monoisotopic (exact) mass is 350 g/mol. The van der Waals surface area contributed by atoms with Crippen molar-refractivity contribution in [3.63, 3.8) is 0 Å². The van der Waals surface area contributed by atoms with E-state index in [0.29, 0.717) is 6.04 Å². The molecule has 92 valence electrons. The van der Waals surface area contributed by atoms with Gasteiger partial charge in [-0.05, 0) is 64.8 Å². The number of benzene rings is 2. The molecule has 0 aliphatic heterocycles. The van der Waals surface area contributed by atoms with Gasteiger partial charge in [-0.1, -0.05) is 24.3 Å². The summed E-state index contributed by atoms with van der Waals surface area (Å²) in [5, 5.41) is 3.55. The third-order valence-electron chi connectivity index (χ3n) is 3.42. The first-order valence-corrected chi connectivity index (χ1v) is 7.18. The zero-order valence-electron chi connectivity index (χ0n) is 9.99. The molecule has 0 aromatic heterocycles. The maximum Gasteiger partial charge on any atom is 0.0577 e. The molecule has 0 saturated carbocycles. The van der Waals surface area contributed by atoms with Crippen LogP contribution in [0.4, 0.5) is 11.4 Å². The molecule has 2 aromatic rings. The van der Waals surface area contributed by atoms with E-state index in [2.05, 4.69) is 64.3 Å². The van der Waals surface area contributed by atoms with E-state index < -0.39 is 0 Å². The quantitative estimate of drug-likeness (QED) is 0.643. The molecule has 0 spiro atoms. The van der Waals surface area contributed by atoms with Crippen LogP contribution < -0.4 is 11.1 Å². The number of anilines is 2. The zero-order chi connectivity index (χ0) is 12.5. The number of nitrogens with two attached hydrogens (primary N) is 1. The molecule has 0 radical (unpaired) electrons. The van der Waals surface area contributed by atoms with Crippen LogP contribution >= 0.6 is 22.6 Å². The van der Waals surface area contributed by atoms with Crippen molar-refractivity contribution in [1.29, 1.82) is 0 Å². The Morgan fingerprint density at radius 3 is 2.33 bits per heavy atom. The van der Waals surface area contributed by atoms with Crippen molar-refractivity contribution in [3.05, 3.63) is 57.2 Å². The zero-order valence-corrected chi connectivity index (χ0v) is 12.1. The number of hydrogen-bond donors (Lipinski definition) is 2. The molecular weight excluding hydrogens is 335 g/mol. The standard InChI is InChI=1S/C15H15IN2/c16-12-5-6-15(14(17)9-12)18-13-7-10-3-1-2-4-11(10)8-13/h1-6,9,13,18H,7-8,17H2.